The van der Waals surface area contributed by atoms with E-state index in [1.165, 1.54) is 40.7 Å². The average molecular weight is 548 g/mol. The Labute approximate surface area is 236 Å². The van der Waals surface area contributed by atoms with Crippen molar-refractivity contribution in [3.8, 4) is 16.9 Å². The van der Waals surface area contributed by atoms with E-state index in [1.54, 1.807) is 7.11 Å². The summed E-state index contributed by atoms with van der Waals surface area (Å²) in [5.41, 5.74) is 5.39. The average Bonchev–Trinajstić information content (AvgIpc) is 3.68. The van der Waals surface area contributed by atoms with Gasteiger partial charge in [-0.25, -0.2) is 0 Å². The maximum atomic E-state index is 11.6. The molecule has 0 aromatic heterocycles. The highest BCUT2D eigenvalue weighted by Crippen LogP contribution is 2.48. The van der Waals surface area contributed by atoms with Gasteiger partial charge in [0.15, 0.2) is 5.60 Å². The Morgan fingerprint density at radius 2 is 1.85 bits per heavy atom. The lowest BCUT2D eigenvalue weighted by Gasteiger charge is -2.45. The number of benzene rings is 2. The number of methoxy groups -OCH3 is 1. The van der Waals surface area contributed by atoms with Crippen molar-refractivity contribution < 1.29 is 24.2 Å². The molecule has 0 unspecified atom stereocenters. The molecular weight excluding hydrogens is 506 g/mol. The van der Waals surface area contributed by atoms with Crippen LogP contribution in [0.5, 0.6) is 5.75 Å². The van der Waals surface area contributed by atoms with Crippen LogP contribution >= 0.6 is 0 Å². The molecule has 2 aromatic rings. The number of carboxylic acid groups (broad SMARTS) is 1. The zero-order valence-electron chi connectivity index (χ0n) is 23.9. The van der Waals surface area contributed by atoms with Crippen LogP contribution in [0.1, 0.15) is 68.6 Å². The molecule has 2 aromatic carbocycles. The summed E-state index contributed by atoms with van der Waals surface area (Å²) in [6.45, 7) is 9.11. The van der Waals surface area contributed by atoms with E-state index in [-0.39, 0.29) is 5.60 Å². The Morgan fingerprint density at radius 3 is 2.48 bits per heavy atom. The molecule has 3 aliphatic heterocycles. The Kier molecular flexibility index (Phi) is 7.25. The Morgan fingerprint density at radius 1 is 1.12 bits per heavy atom. The topological polar surface area (TPSA) is 83.8 Å². The summed E-state index contributed by atoms with van der Waals surface area (Å²) in [6.07, 6.45) is 4.53. The van der Waals surface area contributed by atoms with E-state index >= 15 is 0 Å². The highest BCUT2D eigenvalue weighted by molar-refractivity contribution is 5.85. The minimum Gasteiger partial charge on any atom is -0.493 e. The number of likely N-dealkylation sites (tertiary alicyclic amines) is 2. The van der Waals surface area contributed by atoms with E-state index in [0.717, 1.165) is 50.7 Å². The van der Waals surface area contributed by atoms with Gasteiger partial charge in [-0.2, -0.15) is 0 Å². The molecule has 40 heavy (non-hydrogen) atoms. The van der Waals surface area contributed by atoms with Crippen molar-refractivity contribution in [2.75, 3.05) is 39.9 Å². The van der Waals surface area contributed by atoms with Crippen molar-refractivity contribution in [1.82, 2.24) is 9.80 Å². The number of hydrogen-bond donors (Lipinski definition) is 1. The first kappa shape index (κ1) is 27.1. The quantitative estimate of drug-likeness (QED) is 0.459. The summed E-state index contributed by atoms with van der Waals surface area (Å²) in [5, 5.41) is 14.0. The molecule has 0 radical (unpaired) electrons. The van der Waals surface area contributed by atoms with Crippen LogP contribution in [0.3, 0.4) is 0 Å². The van der Waals surface area contributed by atoms with Crippen molar-refractivity contribution >= 4 is 11.8 Å². The predicted octanol–water partition coefficient (Wildman–Crippen LogP) is 5.25. The highest BCUT2D eigenvalue weighted by Gasteiger charge is 2.51. The van der Waals surface area contributed by atoms with Gasteiger partial charge in [-0.3, -0.25) is 9.69 Å². The molecule has 1 N–H and O–H groups in total. The second-order valence-corrected chi connectivity index (χ2v) is 12.4. The third-order valence-corrected chi connectivity index (χ3v) is 9.07. The lowest BCUT2D eigenvalue weighted by atomic mass is 9.80. The first-order chi connectivity index (χ1) is 19.3. The largest absolute Gasteiger partial charge is 0.493 e. The minimum atomic E-state index is -0.701. The number of carbonyl (C=O) groups is 1. The van der Waals surface area contributed by atoms with Crippen molar-refractivity contribution in [3.63, 3.8) is 0 Å². The van der Waals surface area contributed by atoms with Crippen LogP contribution in [-0.2, 0) is 27.5 Å². The van der Waals surface area contributed by atoms with E-state index in [1.807, 2.05) is 13.8 Å². The maximum absolute atomic E-state index is 11.6. The van der Waals surface area contributed by atoms with Gasteiger partial charge in [0.05, 0.1) is 25.0 Å². The van der Waals surface area contributed by atoms with Gasteiger partial charge in [0, 0.05) is 45.4 Å². The van der Waals surface area contributed by atoms with Crippen molar-refractivity contribution in [1.29, 1.82) is 0 Å². The lowest BCUT2D eigenvalue weighted by molar-refractivity contribution is -0.150. The summed E-state index contributed by atoms with van der Waals surface area (Å²) in [5.74, 6) is 1.84. The van der Waals surface area contributed by atoms with Crippen molar-refractivity contribution in [3.05, 3.63) is 53.1 Å². The van der Waals surface area contributed by atoms with Gasteiger partial charge < -0.3 is 24.3 Å². The van der Waals surface area contributed by atoms with Crippen LogP contribution < -0.4 is 4.74 Å². The molecule has 214 valence electrons. The van der Waals surface area contributed by atoms with Gasteiger partial charge in [-0.05, 0) is 73.8 Å². The van der Waals surface area contributed by atoms with Gasteiger partial charge in [-0.1, -0.05) is 35.5 Å². The summed E-state index contributed by atoms with van der Waals surface area (Å²) < 4.78 is 11.5. The second-order valence-electron chi connectivity index (χ2n) is 12.4. The zero-order chi connectivity index (χ0) is 27.9. The molecule has 2 saturated heterocycles. The summed E-state index contributed by atoms with van der Waals surface area (Å²) in [7, 11) is 1.72. The number of carboxylic acids is 1. The molecule has 6 rings (SSSR count). The number of rotatable bonds is 9. The molecule has 3 fully saturated rings. The van der Waals surface area contributed by atoms with Crippen LogP contribution in [0, 0.1) is 5.41 Å². The maximum Gasteiger partial charge on any atom is 0.309 e. The van der Waals surface area contributed by atoms with Gasteiger partial charge in [0.1, 0.15) is 11.6 Å². The van der Waals surface area contributed by atoms with Gasteiger partial charge in [0.25, 0.3) is 0 Å². The Bertz CT molecular complexity index is 1270. The molecular formula is C32H41N3O5. The predicted molar refractivity (Wildman–Crippen MR) is 153 cm³/mol. The van der Waals surface area contributed by atoms with Crippen molar-refractivity contribution in [2.45, 2.75) is 70.6 Å². The first-order valence-electron chi connectivity index (χ1n) is 14.6. The number of aliphatic carboxylic acids is 1. The fourth-order valence-corrected chi connectivity index (χ4v) is 6.47. The number of nitrogens with zero attached hydrogens (tertiary/aromatic N) is 3. The molecule has 1 saturated carbocycles. The number of hydrogen-bond acceptors (Lipinski definition) is 7. The molecule has 1 aliphatic carbocycles. The van der Waals surface area contributed by atoms with E-state index in [4.69, 9.17) is 14.3 Å². The molecule has 8 heteroatoms. The zero-order valence-corrected chi connectivity index (χ0v) is 23.9. The molecule has 3 heterocycles. The molecule has 0 amide bonds. The fourth-order valence-electron chi connectivity index (χ4n) is 6.47. The van der Waals surface area contributed by atoms with Crippen LogP contribution in [0.15, 0.2) is 41.6 Å². The van der Waals surface area contributed by atoms with Crippen molar-refractivity contribution in [2.24, 2.45) is 10.6 Å². The van der Waals surface area contributed by atoms with Gasteiger partial charge >= 0.3 is 5.97 Å². The normalized spacial score (nSPS) is 21.6. The number of piperidine rings is 1. The third kappa shape index (κ3) is 5.31. The monoisotopic (exact) mass is 547 g/mol. The van der Waals surface area contributed by atoms with E-state index < -0.39 is 11.4 Å². The minimum absolute atomic E-state index is 0.255. The van der Waals surface area contributed by atoms with Crippen LogP contribution in [0.25, 0.3) is 11.1 Å². The first-order valence-corrected chi connectivity index (χ1v) is 14.6. The molecule has 1 spiro atoms. The summed E-state index contributed by atoms with van der Waals surface area (Å²) in [6, 6.07) is 13.3. The number of ether oxygens (including phenoxy) is 2. The molecule has 8 nitrogen and oxygen atoms in total. The highest BCUT2D eigenvalue weighted by atomic mass is 16.7. The van der Waals surface area contributed by atoms with Crippen LogP contribution in [0.2, 0.25) is 0 Å². The number of oxime groups is 1. The van der Waals surface area contributed by atoms with Crippen LogP contribution in [0.4, 0.5) is 0 Å². The smallest absolute Gasteiger partial charge is 0.309 e. The third-order valence-electron chi connectivity index (χ3n) is 9.07. The van der Waals surface area contributed by atoms with Crippen LogP contribution in [-0.4, -0.2) is 72.2 Å². The van der Waals surface area contributed by atoms with Gasteiger partial charge in [0.2, 0.25) is 0 Å². The summed E-state index contributed by atoms with van der Waals surface area (Å²) >= 11 is 0. The molecule has 0 bridgehead atoms. The standard InChI is InChI=1S/C32H41N3O5/c1-4-39-27-16-23(15-26(24-9-10-24)29(27)25-7-5-22(6-8-25)19-38-3)18-34-20-32(21-34)17-28(33-40-32)35-13-11-31(2,12-14-35)30(36)37/h5-8,15-16,24H,4,9-14,17-21H2,1-3H3,(H,36,37). The molecule has 0 atom stereocenters. The summed E-state index contributed by atoms with van der Waals surface area (Å²) in [4.78, 5) is 22.3. The Hall–Kier alpha value is -3.10. The lowest BCUT2D eigenvalue weighted by Crippen LogP contribution is -2.61. The molecule has 4 aliphatic rings. The Balaban J connectivity index is 1.12. The number of amidine groups is 1. The van der Waals surface area contributed by atoms with E-state index in [0.29, 0.717) is 32.0 Å². The second kappa shape index (κ2) is 10.7. The SMILES string of the molecule is CCOc1cc(CN2CC3(CC(N4CCC(C)(C(=O)O)CC4)=NO3)C2)cc(C2CC2)c1-c1ccc(COC)cc1. The van der Waals surface area contributed by atoms with E-state index in [2.05, 4.69) is 51.4 Å². The van der Waals surface area contributed by atoms with E-state index in [9.17, 15) is 9.90 Å². The van der Waals surface area contributed by atoms with Gasteiger partial charge in [-0.15, -0.1) is 0 Å². The fraction of sp³-hybridized carbons (Fsp3) is 0.562.